The predicted octanol–water partition coefficient (Wildman–Crippen LogP) is 3.46. The van der Waals surface area contributed by atoms with Gasteiger partial charge in [-0.15, -0.1) is 11.8 Å². The van der Waals surface area contributed by atoms with Crippen molar-refractivity contribution >= 4 is 17.7 Å². The van der Waals surface area contributed by atoms with Gasteiger partial charge in [0.2, 0.25) is 0 Å². The van der Waals surface area contributed by atoms with Crippen LogP contribution in [0.5, 0.6) is 0 Å². The summed E-state index contributed by atoms with van der Waals surface area (Å²) in [6, 6.07) is 5.91. The average molecular weight is 236 g/mol. The van der Waals surface area contributed by atoms with Gasteiger partial charge in [0.15, 0.2) is 0 Å². The second-order valence-electron chi connectivity index (χ2n) is 4.14. The third kappa shape index (κ3) is 2.24. The van der Waals surface area contributed by atoms with Crippen LogP contribution in [0.15, 0.2) is 23.1 Å². The van der Waals surface area contributed by atoms with Gasteiger partial charge in [0.25, 0.3) is 0 Å². The Morgan fingerprint density at radius 3 is 3.06 bits per heavy atom. The Kier molecular flexibility index (Phi) is 3.54. The molecule has 0 N–H and O–H groups in total. The van der Waals surface area contributed by atoms with Crippen molar-refractivity contribution in [2.45, 2.75) is 30.6 Å². The molecule has 0 bridgehead atoms. The number of hydrogen-bond donors (Lipinski definition) is 0. The number of hydrogen-bond acceptors (Lipinski definition) is 3. The number of carbonyl (C=O) groups excluding carboxylic acids is 1. The highest BCUT2D eigenvalue weighted by Crippen LogP contribution is 2.36. The Morgan fingerprint density at radius 1 is 1.50 bits per heavy atom. The maximum atomic E-state index is 11.4. The molecular formula is C13H16O2S. The van der Waals surface area contributed by atoms with E-state index in [0.29, 0.717) is 11.5 Å². The van der Waals surface area contributed by atoms with Crippen molar-refractivity contribution in [1.82, 2.24) is 0 Å². The van der Waals surface area contributed by atoms with Crippen LogP contribution in [0.2, 0.25) is 0 Å². The van der Waals surface area contributed by atoms with Gasteiger partial charge in [-0.2, -0.15) is 0 Å². The second-order valence-corrected chi connectivity index (χ2v) is 5.27. The molecular weight excluding hydrogens is 220 g/mol. The van der Waals surface area contributed by atoms with E-state index in [0.717, 1.165) is 5.75 Å². The van der Waals surface area contributed by atoms with Gasteiger partial charge >= 0.3 is 5.97 Å². The van der Waals surface area contributed by atoms with E-state index in [9.17, 15) is 4.79 Å². The largest absolute Gasteiger partial charge is 0.465 e. The Labute approximate surface area is 100 Å². The summed E-state index contributed by atoms with van der Waals surface area (Å²) in [7, 11) is 1.42. The number of methoxy groups -OCH3 is 1. The van der Waals surface area contributed by atoms with E-state index in [2.05, 4.69) is 13.0 Å². The number of esters is 1. The summed E-state index contributed by atoms with van der Waals surface area (Å²) in [4.78, 5) is 12.7. The summed E-state index contributed by atoms with van der Waals surface area (Å²) in [6.45, 7) is 2.25. The number of thioether (sulfide) groups is 1. The molecule has 3 heteroatoms. The zero-order valence-electron chi connectivity index (χ0n) is 9.66. The molecule has 2 rings (SSSR count). The fourth-order valence-electron chi connectivity index (χ4n) is 2.04. The molecule has 1 heterocycles. The van der Waals surface area contributed by atoms with Crippen LogP contribution in [0.25, 0.3) is 0 Å². The minimum absolute atomic E-state index is 0.250. The van der Waals surface area contributed by atoms with Crippen molar-refractivity contribution in [3.63, 3.8) is 0 Å². The van der Waals surface area contributed by atoms with E-state index in [1.54, 1.807) is 0 Å². The molecule has 0 saturated carbocycles. The number of benzene rings is 1. The van der Waals surface area contributed by atoms with Gasteiger partial charge < -0.3 is 4.74 Å². The molecule has 1 aliphatic heterocycles. The molecule has 0 spiro atoms. The number of rotatable bonds is 1. The van der Waals surface area contributed by atoms with Crippen molar-refractivity contribution in [3.05, 3.63) is 29.3 Å². The minimum atomic E-state index is -0.250. The van der Waals surface area contributed by atoms with Gasteiger partial charge in [-0.05, 0) is 42.2 Å². The standard InChI is InChI=1S/C13H16O2S/c1-9-4-3-7-16-12-8-10(13(14)15-2)5-6-11(9)12/h5-6,8-9H,3-4,7H2,1-2H3. The number of ether oxygens (including phenoxy) is 1. The molecule has 0 amide bonds. The smallest absolute Gasteiger partial charge is 0.337 e. The van der Waals surface area contributed by atoms with Crippen LogP contribution in [-0.2, 0) is 4.74 Å². The molecule has 2 nitrogen and oxygen atoms in total. The van der Waals surface area contributed by atoms with Crippen LogP contribution in [0.3, 0.4) is 0 Å². The molecule has 0 fully saturated rings. The lowest BCUT2D eigenvalue weighted by atomic mass is 9.96. The lowest BCUT2D eigenvalue weighted by Crippen LogP contribution is -2.02. The molecule has 0 aromatic heterocycles. The fraction of sp³-hybridized carbons (Fsp3) is 0.462. The maximum absolute atomic E-state index is 11.4. The van der Waals surface area contributed by atoms with Gasteiger partial charge in [-0.3, -0.25) is 0 Å². The van der Waals surface area contributed by atoms with E-state index < -0.39 is 0 Å². The normalized spacial score (nSPS) is 19.8. The Balaban J connectivity index is 2.37. The maximum Gasteiger partial charge on any atom is 0.337 e. The molecule has 1 aliphatic rings. The molecule has 1 aromatic carbocycles. The Bertz CT molecular complexity index is 401. The lowest BCUT2D eigenvalue weighted by molar-refractivity contribution is 0.0600. The van der Waals surface area contributed by atoms with Crippen molar-refractivity contribution in [1.29, 1.82) is 0 Å². The highest BCUT2D eigenvalue weighted by molar-refractivity contribution is 7.99. The minimum Gasteiger partial charge on any atom is -0.465 e. The van der Waals surface area contributed by atoms with E-state index in [1.165, 1.54) is 30.4 Å². The summed E-state index contributed by atoms with van der Waals surface area (Å²) in [6.07, 6.45) is 2.48. The van der Waals surface area contributed by atoms with Crippen molar-refractivity contribution < 1.29 is 9.53 Å². The summed E-state index contributed by atoms with van der Waals surface area (Å²) < 4.78 is 4.74. The van der Waals surface area contributed by atoms with Crippen LogP contribution in [-0.4, -0.2) is 18.8 Å². The quantitative estimate of drug-likeness (QED) is 0.698. The average Bonchev–Trinajstić information content (AvgIpc) is 2.50. The first-order valence-electron chi connectivity index (χ1n) is 5.57. The van der Waals surface area contributed by atoms with Gasteiger partial charge in [-0.1, -0.05) is 13.0 Å². The molecule has 1 aromatic rings. The SMILES string of the molecule is COC(=O)c1ccc2c(c1)SCCCC2C. The monoisotopic (exact) mass is 236 g/mol. The molecule has 0 aliphatic carbocycles. The highest BCUT2D eigenvalue weighted by atomic mass is 32.2. The molecule has 1 atom stereocenters. The first kappa shape index (κ1) is 11.5. The van der Waals surface area contributed by atoms with E-state index in [4.69, 9.17) is 4.74 Å². The van der Waals surface area contributed by atoms with Crippen LogP contribution in [0, 0.1) is 0 Å². The highest BCUT2D eigenvalue weighted by Gasteiger charge is 2.17. The Hall–Kier alpha value is -0.960. The van der Waals surface area contributed by atoms with E-state index >= 15 is 0 Å². The number of fused-ring (bicyclic) bond motifs is 1. The fourth-order valence-corrected chi connectivity index (χ4v) is 3.22. The zero-order chi connectivity index (χ0) is 11.5. The van der Waals surface area contributed by atoms with Crippen molar-refractivity contribution in [2.75, 3.05) is 12.9 Å². The first-order valence-corrected chi connectivity index (χ1v) is 6.56. The number of carbonyl (C=O) groups is 1. The summed E-state index contributed by atoms with van der Waals surface area (Å²) in [5, 5.41) is 0. The Morgan fingerprint density at radius 2 is 2.31 bits per heavy atom. The van der Waals surface area contributed by atoms with Gasteiger partial charge in [0.05, 0.1) is 12.7 Å². The molecule has 86 valence electrons. The first-order chi connectivity index (χ1) is 7.72. The summed E-state index contributed by atoms with van der Waals surface area (Å²) >= 11 is 1.85. The van der Waals surface area contributed by atoms with Gasteiger partial charge in [0, 0.05) is 4.90 Å². The van der Waals surface area contributed by atoms with Gasteiger partial charge in [-0.25, -0.2) is 4.79 Å². The molecule has 1 unspecified atom stereocenters. The van der Waals surface area contributed by atoms with Crippen LogP contribution in [0.1, 0.15) is 41.6 Å². The molecule has 0 radical (unpaired) electrons. The zero-order valence-corrected chi connectivity index (χ0v) is 10.5. The van der Waals surface area contributed by atoms with E-state index in [-0.39, 0.29) is 5.97 Å². The summed E-state index contributed by atoms with van der Waals surface area (Å²) in [5.74, 6) is 1.49. The van der Waals surface area contributed by atoms with Crippen LogP contribution in [0.4, 0.5) is 0 Å². The summed E-state index contributed by atoms with van der Waals surface area (Å²) in [5.41, 5.74) is 2.03. The molecule has 0 saturated heterocycles. The van der Waals surface area contributed by atoms with Crippen molar-refractivity contribution in [3.8, 4) is 0 Å². The third-order valence-corrected chi connectivity index (χ3v) is 4.16. The van der Waals surface area contributed by atoms with Gasteiger partial charge in [0.1, 0.15) is 0 Å². The van der Waals surface area contributed by atoms with Crippen LogP contribution >= 0.6 is 11.8 Å². The third-order valence-electron chi connectivity index (χ3n) is 3.00. The van der Waals surface area contributed by atoms with Crippen molar-refractivity contribution in [2.24, 2.45) is 0 Å². The van der Waals surface area contributed by atoms with E-state index in [1.807, 2.05) is 23.9 Å². The van der Waals surface area contributed by atoms with Crippen LogP contribution < -0.4 is 0 Å². The lowest BCUT2D eigenvalue weighted by Gasteiger charge is -2.12. The topological polar surface area (TPSA) is 26.3 Å². The predicted molar refractivity (Wildman–Crippen MR) is 66.2 cm³/mol. The second kappa shape index (κ2) is 4.91. The molecule has 16 heavy (non-hydrogen) atoms.